The zero-order valence-corrected chi connectivity index (χ0v) is 16.9. The van der Waals surface area contributed by atoms with E-state index in [2.05, 4.69) is 43.1 Å². The average Bonchev–Trinajstić information content (AvgIpc) is 2.65. The summed E-state index contributed by atoms with van der Waals surface area (Å²) < 4.78 is 5.76. The van der Waals surface area contributed by atoms with E-state index < -0.39 is 0 Å². The number of methoxy groups -OCH3 is 1. The quantitative estimate of drug-likeness (QED) is 0.718. The highest BCUT2D eigenvalue weighted by Gasteiger charge is 2.15. The lowest BCUT2D eigenvalue weighted by molar-refractivity contribution is 0.131. The highest BCUT2D eigenvalue weighted by Crippen LogP contribution is 2.34. The first-order chi connectivity index (χ1) is 12.5. The van der Waals surface area contributed by atoms with Crippen LogP contribution in [-0.4, -0.2) is 54.5 Å². The van der Waals surface area contributed by atoms with Gasteiger partial charge in [0.25, 0.3) is 0 Å². The summed E-state index contributed by atoms with van der Waals surface area (Å²) >= 11 is 9.26. The summed E-state index contributed by atoms with van der Waals surface area (Å²) in [6.45, 7) is 4.60. The molecule has 138 valence electrons. The van der Waals surface area contributed by atoms with E-state index in [0.29, 0.717) is 10.2 Å². The molecular formula is C19H21BrClN3O2. The van der Waals surface area contributed by atoms with E-state index in [-0.39, 0.29) is 5.75 Å². The number of hydrogen-bond donors (Lipinski definition) is 1. The number of hydrazone groups is 1. The molecule has 7 heteroatoms. The maximum atomic E-state index is 9.86. The van der Waals surface area contributed by atoms with Crippen LogP contribution in [0.5, 0.6) is 11.5 Å². The molecule has 1 fully saturated rings. The molecule has 3 rings (SSSR count). The van der Waals surface area contributed by atoms with Crippen molar-refractivity contribution in [1.29, 1.82) is 0 Å². The Hall–Kier alpha value is -1.76. The van der Waals surface area contributed by atoms with E-state index in [1.54, 1.807) is 12.3 Å². The molecule has 0 spiro atoms. The minimum Gasteiger partial charge on any atom is -0.503 e. The van der Waals surface area contributed by atoms with Crippen LogP contribution < -0.4 is 4.74 Å². The number of aromatic hydroxyl groups is 1. The molecule has 0 aliphatic carbocycles. The molecule has 2 aromatic carbocycles. The van der Waals surface area contributed by atoms with E-state index in [1.165, 1.54) is 12.7 Å². The van der Waals surface area contributed by atoms with E-state index in [4.69, 9.17) is 16.3 Å². The number of phenolic OH excluding ortho intramolecular Hbond substituents is 1. The number of rotatable bonds is 5. The zero-order valence-electron chi connectivity index (χ0n) is 14.5. The fraction of sp³-hybridized carbons (Fsp3) is 0.316. The van der Waals surface area contributed by atoms with Crippen molar-refractivity contribution < 1.29 is 9.84 Å². The normalized spacial score (nSPS) is 15.6. The molecular weight excluding hydrogens is 418 g/mol. The second-order valence-electron chi connectivity index (χ2n) is 6.15. The number of hydrogen-bond acceptors (Lipinski definition) is 5. The van der Waals surface area contributed by atoms with Crippen LogP contribution in [0.4, 0.5) is 0 Å². The van der Waals surface area contributed by atoms with E-state index in [9.17, 15) is 5.11 Å². The largest absolute Gasteiger partial charge is 0.503 e. The Kier molecular flexibility index (Phi) is 6.40. The van der Waals surface area contributed by atoms with E-state index >= 15 is 0 Å². The first-order valence-corrected chi connectivity index (χ1v) is 9.54. The SMILES string of the molecule is COc1cc(C=NN2CCN(Cc3ccc(Cl)cc3)CC2)cc(Br)c1O. The predicted octanol–water partition coefficient (Wildman–Crippen LogP) is 3.97. The van der Waals surface area contributed by atoms with Gasteiger partial charge in [0.2, 0.25) is 0 Å². The van der Waals surface area contributed by atoms with Crippen molar-refractivity contribution in [1.82, 2.24) is 9.91 Å². The van der Waals surface area contributed by atoms with Gasteiger partial charge in [-0.25, -0.2) is 0 Å². The molecule has 2 aromatic rings. The van der Waals surface area contributed by atoms with E-state index in [0.717, 1.165) is 43.3 Å². The van der Waals surface area contributed by atoms with Gasteiger partial charge in [0.05, 0.1) is 17.8 Å². The second kappa shape index (κ2) is 8.75. The minimum absolute atomic E-state index is 0.0977. The van der Waals surface area contributed by atoms with Crippen molar-refractivity contribution in [3.05, 3.63) is 57.0 Å². The maximum absolute atomic E-state index is 9.86. The summed E-state index contributed by atoms with van der Waals surface area (Å²) in [6.07, 6.45) is 1.79. The molecule has 0 saturated carbocycles. The molecule has 1 heterocycles. The first-order valence-electron chi connectivity index (χ1n) is 8.37. The molecule has 26 heavy (non-hydrogen) atoms. The van der Waals surface area contributed by atoms with Crippen LogP contribution in [-0.2, 0) is 6.54 Å². The number of nitrogens with zero attached hydrogens (tertiary/aromatic N) is 3. The summed E-state index contributed by atoms with van der Waals surface area (Å²) in [6, 6.07) is 11.6. The molecule has 0 unspecified atom stereocenters. The highest BCUT2D eigenvalue weighted by atomic mass is 79.9. The van der Waals surface area contributed by atoms with Crippen molar-refractivity contribution >= 4 is 33.7 Å². The summed E-state index contributed by atoms with van der Waals surface area (Å²) in [5.41, 5.74) is 2.14. The molecule has 0 atom stereocenters. The van der Waals surface area contributed by atoms with Crippen molar-refractivity contribution in [3.63, 3.8) is 0 Å². The van der Waals surface area contributed by atoms with Gasteiger partial charge < -0.3 is 9.84 Å². The van der Waals surface area contributed by atoms with Crippen molar-refractivity contribution in [2.75, 3.05) is 33.3 Å². The Balaban J connectivity index is 1.54. The van der Waals surface area contributed by atoms with Crippen LogP contribution >= 0.6 is 27.5 Å². The van der Waals surface area contributed by atoms with Crippen molar-refractivity contribution in [2.45, 2.75) is 6.54 Å². The third-order valence-corrected chi connectivity index (χ3v) is 5.17. The third kappa shape index (κ3) is 4.90. The fourth-order valence-electron chi connectivity index (χ4n) is 2.83. The maximum Gasteiger partial charge on any atom is 0.172 e. The van der Waals surface area contributed by atoms with Crippen LogP contribution in [0.15, 0.2) is 46.0 Å². The summed E-state index contributed by atoms with van der Waals surface area (Å²) in [4.78, 5) is 2.41. The van der Waals surface area contributed by atoms with Crippen LogP contribution in [0.3, 0.4) is 0 Å². The topological polar surface area (TPSA) is 48.3 Å². The average molecular weight is 439 g/mol. The smallest absolute Gasteiger partial charge is 0.172 e. The van der Waals surface area contributed by atoms with Crippen LogP contribution in [0.1, 0.15) is 11.1 Å². The number of phenols is 1. The molecule has 1 N–H and O–H groups in total. The van der Waals surface area contributed by atoms with E-state index in [1.807, 2.05) is 18.2 Å². The van der Waals surface area contributed by atoms with Gasteiger partial charge >= 0.3 is 0 Å². The van der Waals surface area contributed by atoms with Gasteiger partial charge in [-0.1, -0.05) is 23.7 Å². The molecule has 0 bridgehead atoms. The molecule has 0 amide bonds. The molecule has 0 aromatic heterocycles. The number of benzene rings is 2. The molecule has 0 radical (unpaired) electrons. The second-order valence-corrected chi connectivity index (χ2v) is 7.45. The van der Waals surface area contributed by atoms with Gasteiger partial charge in [-0.05, 0) is 51.3 Å². The standard InChI is InChI=1S/C19H21BrClN3O2/c1-26-18-11-15(10-17(20)19(18)25)12-22-24-8-6-23(7-9-24)13-14-2-4-16(21)5-3-14/h2-5,10-12,25H,6-9,13H2,1H3. The summed E-state index contributed by atoms with van der Waals surface area (Å²) in [5.74, 6) is 0.522. The summed E-state index contributed by atoms with van der Waals surface area (Å²) in [7, 11) is 1.53. The monoisotopic (exact) mass is 437 g/mol. The van der Waals surface area contributed by atoms with Crippen LogP contribution in [0, 0.1) is 0 Å². The van der Waals surface area contributed by atoms with Gasteiger partial charge in [0, 0.05) is 37.7 Å². The number of halogens is 2. The lowest BCUT2D eigenvalue weighted by atomic mass is 10.2. The fourth-order valence-corrected chi connectivity index (χ4v) is 3.42. The lowest BCUT2D eigenvalue weighted by Crippen LogP contribution is -2.43. The molecule has 5 nitrogen and oxygen atoms in total. The van der Waals surface area contributed by atoms with Crippen LogP contribution in [0.25, 0.3) is 0 Å². The molecule has 1 aliphatic rings. The Morgan fingerprint density at radius 2 is 1.88 bits per heavy atom. The summed E-state index contributed by atoms with van der Waals surface area (Å²) in [5, 5.41) is 17.3. The van der Waals surface area contributed by atoms with Gasteiger partial charge in [-0.3, -0.25) is 9.91 Å². The number of piperazine rings is 1. The first kappa shape index (κ1) is 19.0. The Morgan fingerprint density at radius 3 is 2.54 bits per heavy atom. The molecule has 1 saturated heterocycles. The lowest BCUT2D eigenvalue weighted by Gasteiger charge is -2.33. The Labute approximate surface area is 167 Å². The predicted molar refractivity (Wildman–Crippen MR) is 108 cm³/mol. The van der Waals surface area contributed by atoms with Gasteiger partial charge in [-0.2, -0.15) is 5.10 Å². The van der Waals surface area contributed by atoms with Gasteiger partial charge in [0.1, 0.15) is 0 Å². The van der Waals surface area contributed by atoms with Crippen LogP contribution in [0.2, 0.25) is 5.02 Å². The Morgan fingerprint density at radius 1 is 1.19 bits per heavy atom. The van der Waals surface area contributed by atoms with Gasteiger partial charge in [0.15, 0.2) is 11.5 Å². The van der Waals surface area contributed by atoms with Crippen molar-refractivity contribution in [2.24, 2.45) is 5.10 Å². The Bertz CT molecular complexity index is 775. The minimum atomic E-state index is 0.0977. The van der Waals surface area contributed by atoms with Crippen molar-refractivity contribution in [3.8, 4) is 11.5 Å². The third-order valence-electron chi connectivity index (χ3n) is 4.31. The zero-order chi connectivity index (χ0) is 18.5. The van der Waals surface area contributed by atoms with Gasteiger partial charge in [-0.15, -0.1) is 0 Å². The molecule has 1 aliphatic heterocycles. The number of ether oxygens (including phenoxy) is 1. The highest BCUT2D eigenvalue weighted by molar-refractivity contribution is 9.10.